The highest BCUT2D eigenvalue weighted by atomic mass is 35.5. The third-order valence-electron chi connectivity index (χ3n) is 4.11. The highest BCUT2D eigenvalue weighted by molar-refractivity contribution is 7.92. The molecule has 0 aliphatic heterocycles. The maximum atomic E-state index is 12.8. The summed E-state index contributed by atoms with van der Waals surface area (Å²) in [6.07, 6.45) is 0. The van der Waals surface area contributed by atoms with Crippen LogP contribution in [0.4, 0.5) is 5.69 Å². The summed E-state index contributed by atoms with van der Waals surface area (Å²) in [5.41, 5.74) is 4.08. The molecule has 0 aromatic heterocycles. The largest absolute Gasteiger partial charge is 0.278 e. The molecule has 0 saturated heterocycles. The molecule has 0 saturated carbocycles. The topological polar surface area (TPSA) is 119 Å². The summed E-state index contributed by atoms with van der Waals surface area (Å²) in [5, 5.41) is 9.86. The predicted molar refractivity (Wildman–Crippen MR) is 118 cm³/mol. The van der Waals surface area contributed by atoms with Gasteiger partial charge >= 0.3 is 0 Å². The second kappa shape index (κ2) is 8.97. The summed E-state index contributed by atoms with van der Waals surface area (Å²) in [7, 11) is -7.46. The minimum atomic E-state index is -3.81. The monoisotopic (exact) mass is 463 g/mol. The molecule has 0 fully saturated rings. The first-order valence-electron chi connectivity index (χ1n) is 8.64. The fourth-order valence-electron chi connectivity index (χ4n) is 2.56. The first-order chi connectivity index (χ1) is 14.1. The molecule has 10 heteroatoms. The zero-order valence-corrected chi connectivity index (χ0v) is 18.0. The maximum Gasteiger partial charge on any atom is 0.238 e. The number of hydrogen-bond donors (Lipinski definition) is 2. The Labute approximate surface area is 180 Å². The molecule has 3 rings (SSSR count). The Balaban J connectivity index is 1.92. The van der Waals surface area contributed by atoms with Gasteiger partial charge in [-0.15, -0.1) is 0 Å². The SMILES string of the molecule is NS(=O)(=O)c1ccc(N/N=C(\CS(=O)(=O)c2ccccc2)c2ccc(Cl)cc2)cc1. The van der Waals surface area contributed by atoms with Crippen LogP contribution < -0.4 is 10.6 Å². The predicted octanol–water partition coefficient (Wildman–Crippen LogP) is 3.28. The number of benzene rings is 3. The van der Waals surface area contributed by atoms with Crippen molar-refractivity contribution in [1.82, 2.24) is 0 Å². The number of nitrogens with zero attached hydrogens (tertiary/aromatic N) is 1. The zero-order chi connectivity index (χ0) is 21.8. The van der Waals surface area contributed by atoms with Crippen molar-refractivity contribution in [3.05, 3.63) is 89.4 Å². The Kier molecular flexibility index (Phi) is 6.57. The van der Waals surface area contributed by atoms with Crippen LogP contribution in [0.1, 0.15) is 5.56 Å². The summed E-state index contributed by atoms with van der Waals surface area (Å²) >= 11 is 5.94. The molecule has 30 heavy (non-hydrogen) atoms. The second-order valence-corrected chi connectivity index (χ2v) is 10.3. The van der Waals surface area contributed by atoms with Gasteiger partial charge in [0.15, 0.2) is 9.84 Å². The minimum absolute atomic E-state index is 0.0402. The van der Waals surface area contributed by atoms with Crippen molar-refractivity contribution in [3.8, 4) is 0 Å². The summed E-state index contributed by atoms with van der Waals surface area (Å²) < 4.78 is 48.4. The first kappa shape index (κ1) is 22.0. The van der Waals surface area contributed by atoms with E-state index in [0.717, 1.165) is 0 Å². The van der Waals surface area contributed by atoms with Gasteiger partial charge in [0.25, 0.3) is 0 Å². The molecule has 0 aliphatic carbocycles. The number of sulfonamides is 1. The molecule has 3 N–H and O–H groups in total. The Morgan fingerprint density at radius 2 is 1.43 bits per heavy atom. The molecule has 0 amide bonds. The number of sulfone groups is 1. The van der Waals surface area contributed by atoms with Crippen LogP contribution in [0.15, 0.2) is 93.8 Å². The van der Waals surface area contributed by atoms with E-state index in [1.54, 1.807) is 42.5 Å². The van der Waals surface area contributed by atoms with Crippen LogP contribution in [0.5, 0.6) is 0 Å². The normalized spacial score (nSPS) is 12.5. The van der Waals surface area contributed by atoms with Crippen molar-refractivity contribution in [1.29, 1.82) is 0 Å². The number of nitrogens with one attached hydrogen (secondary N) is 1. The van der Waals surface area contributed by atoms with Crippen molar-refractivity contribution in [2.75, 3.05) is 11.2 Å². The maximum absolute atomic E-state index is 12.8. The van der Waals surface area contributed by atoms with E-state index in [4.69, 9.17) is 16.7 Å². The standard InChI is InChI=1S/C20H18ClN3O4S2/c21-16-8-6-15(7-9-16)20(14-29(25,26)18-4-2-1-3-5-18)24-23-17-10-12-19(13-11-17)30(22,27)28/h1-13,23H,14H2,(H2,22,27,28)/b24-20+. The van der Waals surface area contributed by atoms with Gasteiger partial charge in [-0.25, -0.2) is 22.0 Å². The molecular formula is C20H18ClN3O4S2. The highest BCUT2D eigenvalue weighted by Crippen LogP contribution is 2.17. The van der Waals surface area contributed by atoms with Gasteiger partial charge in [0.2, 0.25) is 10.0 Å². The van der Waals surface area contributed by atoms with Crippen LogP contribution in [0.3, 0.4) is 0 Å². The minimum Gasteiger partial charge on any atom is -0.278 e. The average Bonchev–Trinajstić information content (AvgIpc) is 2.72. The van der Waals surface area contributed by atoms with Crippen LogP contribution in [0.2, 0.25) is 5.02 Å². The lowest BCUT2D eigenvalue weighted by atomic mass is 10.1. The summed E-state index contributed by atoms with van der Waals surface area (Å²) in [6.45, 7) is 0. The molecule has 0 spiro atoms. The summed E-state index contributed by atoms with van der Waals surface area (Å²) in [6, 6.07) is 20.3. The number of primary sulfonamides is 1. The van der Waals surface area contributed by atoms with Gasteiger partial charge in [-0.3, -0.25) is 5.43 Å². The number of hydrazone groups is 1. The van der Waals surface area contributed by atoms with Crippen LogP contribution >= 0.6 is 11.6 Å². The molecule has 0 radical (unpaired) electrons. The van der Waals surface area contributed by atoms with Gasteiger partial charge in [0, 0.05) is 5.02 Å². The number of anilines is 1. The first-order valence-corrected chi connectivity index (χ1v) is 12.2. The van der Waals surface area contributed by atoms with Crippen LogP contribution in [-0.2, 0) is 19.9 Å². The highest BCUT2D eigenvalue weighted by Gasteiger charge is 2.19. The third-order valence-corrected chi connectivity index (χ3v) is 6.93. The second-order valence-electron chi connectivity index (χ2n) is 6.32. The molecule has 0 aliphatic rings. The van der Waals surface area contributed by atoms with Crippen LogP contribution in [-0.4, -0.2) is 28.3 Å². The van der Waals surface area contributed by atoms with Crippen LogP contribution in [0, 0.1) is 0 Å². The molecule has 0 atom stereocenters. The molecule has 3 aromatic carbocycles. The van der Waals surface area contributed by atoms with Gasteiger partial charge in [0.05, 0.1) is 26.9 Å². The number of nitrogens with two attached hydrogens (primary N) is 1. The zero-order valence-electron chi connectivity index (χ0n) is 15.6. The lowest BCUT2D eigenvalue weighted by molar-refractivity contribution is 0.596. The van der Waals surface area contributed by atoms with E-state index in [2.05, 4.69) is 10.5 Å². The number of rotatable bonds is 7. The van der Waals surface area contributed by atoms with Crippen LogP contribution in [0.25, 0.3) is 0 Å². The van der Waals surface area contributed by atoms with Gasteiger partial charge < -0.3 is 0 Å². The van der Waals surface area contributed by atoms with Gasteiger partial charge in [-0.1, -0.05) is 41.9 Å². The van der Waals surface area contributed by atoms with Crippen molar-refractivity contribution in [2.24, 2.45) is 10.2 Å². The molecular weight excluding hydrogens is 446 g/mol. The van der Waals surface area contributed by atoms with Gasteiger partial charge in [0.1, 0.15) is 0 Å². The fourth-order valence-corrected chi connectivity index (χ4v) is 4.54. The van der Waals surface area contributed by atoms with E-state index < -0.39 is 19.9 Å². The van der Waals surface area contributed by atoms with Crippen molar-refractivity contribution >= 4 is 42.9 Å². The van der Waals surface area contributed by atoms with E-state index >= 15 is 0 Å². The van der Waals surface area contributed by atoms with Gasteiger partial charge in [-0.2, -0.15) is 5.10 Å². The molecule has 0 bridgehead atoms. The van der Waals surface area contributed by atoms with E-state index in [1.165, 1.54) is 36.4 Å². The molecule has 0 heterocycles. The Hall–Kier alpha value is -2.72. The Morgan fingerprint density at radius 3 is 2.00 bits per heavy atom. The quantitative estimate of drug-likeness (QED) is 0.411. The molecule has 7 nitrogen and oxygen atoms in total. The van der Waals surface area contributed by atoms with E-state index in [-0.39, 0.29) is 21.3 Å². The fraction of sp³-hybridized carbons (Fsp3) is 0.0500. The molecule has 0 unspecified atom stereocenters. The smallest absolute Gasteiger partial charge is 0.238 e. The third kappa shape index (κ3) is 5.67. The summed E-state index contributed by atoms with van der Waals surface area (Å²) in [4.78, 5) is 0.144. The molecule has 156 valence electrons. The number of hydrogen-bond acceptors (Lipinski definition) is 6. The lowest BCUT2D eigenvalue weighted by Crippen LogP contribution is -2.19. The van der Waals surface area contributed by atoms with Crippen molar-refractivity contribution < 1.29 is 16.8 Å². The Morgan fingerprint density at radius 1 is 0.833 bits per heavy atom. The van der Waals surface area contributed by atoms with E-state index in [1.807, 2.05) is 0 Å². The Bertz CT molecular complexity index is 1260. The summed E-state index contributed by atoms with van der Waals surface area (Å²) in [5.74, 6) is -0.346. The average molecular weight is 464 g/mol. The number of halogens is 1. The van der Waals surface area contributed by atoms with Crippen molar-refractivity contribution in [3.63, 3.8) is 0 Å². The molecule has 3 aromatic rings. The van der Waals surface area contributed by atoms with E-state index in [9.17, 15) is 16.8 Å². The lowest BCUT2D eigenvalue weighted by Gasteiger charge is -2.10. The van der Waals surface area contributed by atoms with Crippen molar-refractivity contribution in [2.45, 2.75) is 9.79 Å². The van der Waals surface area contributed by atoms with Gasteiger partial charge in [-0.05, 0) is 54.1 Å². The van der Waals surface area contributed by atoms with E-state index in [0.29, 0.717) is 16.3 Å².